The molecule has 1 unspecified atom stereocenters. The van der Waals surface area contributed by atoms with E-state index in [0.717, 1.165) is 29.5 Å². The molecular formula is C30H34FN5O5. The van der Waals surface area contributed by atoms with Crippen molar-refractivity contribution in [3.63, 3.8) is 0 Å². The molecule has 0 bridgehead atoms. The van der Waals surface area contributed by atoms with E-state index in [9.17, 15) is 19.1 Å². The van der Waals surface area contributed by atoms with Crippen molar-refractivity contribution < 1.29 is 28.6 Å². The molecule has 11 heteroatoms. The van der Waals surface area contributed by atoms with Gasteiger partial charge in [0.05, 0.1) is 31.0 Å². The lowest BCUT2D eigenvalue weighted by Crippen LogP contribution is -2.49. The molecule has 1 fully saturated rings. The van der Waals surface area contributed by atoms with Crippen molar-refractivity contribution in [2.24, 2.45) is 18.7 Å². The normalized spacial score (nSPS) is 21.6. The first-order chi connectivity index (χ1) is 19.8. The van der Waals surface area contributed by atoms with Crippen molar-refractivity contribution in [3.05, 3.63) is 71.3 Å². The molecular weight excluding hydrogens is 529 g/mol. The van der Waals surface area contributed by atoms with Crippen LogP contribution in [0.1, 0.15) is 48.0 Å². The Hall–Kier alpha value is -3.80. The summed E-state index contributed by atoms with van der Waals surface area (Å²) in [5, 5.41) is 15.1. The summed E-state index contributed by atoms with van der Waals surface area (Å²) >= 11 is 0. The minimum absolute atomic E-state index is 0.120. The number of nitrogens with two attached hydrogens (primary N) is 1. The van der Waals surface area contributed by atoms with Gasteiger partial charge in [0, 0.05) is 30.9 Å². The van der Waals surface area contributed by atoms with E-state index in [4.69, 9.17) is 15.2 Å². The van der Waals surface area contributed by atoms with Crippen LogP contribution in [-0.2, 0) is 27.9 Å². The van der Waals surface area contributed by atoms with Crippen LogP contribution in [0, 0.1) is 11.7 Å². The Bertz CT molecular complexity index is 1460. The number of aryl methyl sites for hydroxylation is 1. The predicted octanol–water partition coefficient (Wildman–Crippen LogP) is 2.67. The summed E-state index contributed by atoms with van der Waals surface area (Å²) in [6.45, 7) is -0.0211. The van der Waals surface area contributed by atoms with E-state index in [1.807, 2.05) is 31.4 Å². The van der Waals surface area contributed by atoms with Crippen LogP contribution in [0.4, 0.5) is 4.39 Å². The third kappa shape index (κ3) is 5.57. The number of aromatic nitrogens is 2. The number of hydrogen-bond donors (Lipinski definition) is 2. The van der Waals surface area contributed by atoms with Crippen molar-refractivity contribution in [1.82, 2.24) is 19.6 Å². The third-order valence-corrected chi connectivity index (χ3v) is 8.28. The summed E-state index contributed by atoms with van der Waals surface area (Å²) in [5.41, 5.74) is 9.39. The fraction of sp³-hybridized carbons (Fsp3) is 0.433. The summed E-state index contributed by atoms with van der Waals surface area (Å²) in [4.78, 5) is 30.8. The highest BCUT2D eigenvalue weighted by atomic mass is 19.1. The maximum Gasteiger partial charge on any atom is 0.242 e. The average Bonchev–Trinajstić information content (AvgIpc) is 3.67. The molecule has 0 spiro atoms. The van der Waals surface area contributed by atoms with Gasteiger partial charge < -0.3 is 30.1 Å². The van der Waals surface area contributed by atoms with Crippen LogP contribution in [-0.4, -0.2) is 69.2 Å². The Labute approximate surface area is 237 Å². The molecule has 2 amide bonds. The number of aliphatic hydroxyl groups excluding tert-OH is 1. The molecule has 1 aromatic heterocycles. The van der Waals surface area contributed by atoms with Gasteiger partial charge in [-0.05, 0) is 66.1 Å². The van der Waals surface area contributed by atoms with E-state index in [1.165, 1.54) is 17.0 Å². The van der Waals surface area contributed by atoms with Crippen LogP contribution in [0.3, 0.4) is 0 Å². The highest BCUT2D eigenvalue weighted by molar-refractivity contribution is 5.90. The summed E-state index contributed by atoms with van der Waals surface area (Å²) < 4.78 is 27.2. The molecule has 10 nitrogen and oxygen atoms in total. The maximum absolute atomic E-state index is 14.1. The van der Waals surface area contributed by atoms with E-state index >= 15 is 0 Å². The van der Waals surface area contributed by atoms with Crippen LogP contribution < -0.4 is 10.5 Å². The van der Waals surface area contributed by atoms with Gasteiger partial charge in [-0.1, -0.05) is 12.1 Å². The van der Waals surface area contributed by atoms with E-state index in [0.29, 0.717) is 29.4 Å². The highest BCUT2D eigenvalue weighted by Crippen LogP contribution is 2.43. The lowest BCUT2D eigenvalue weighted by Gasteiger charge is -2.32. The summed E-state index contributed by atoms with van der Waals surface area (Å²) in [5.74, 6) is -0.773. The molecule has 1 aliphatic heterocycles. The molecule has 3 atom stereocenters. The van der Waals surface area contributed by atoms with Gasteiger partial charge in [-0.15, -0.1) is 0 Å². The number of amides is 2. The zero-order valence-electron chi connectivity index (χ0n) is 22.9. The summed E-state index contributed by atoms with van der Waals surface area (Å²) in [6.07, 6.45) is 4.99. The third-order valence-electron chi connectivity index (χ3n) is 8.28. The number of carbonyl (C=O) groups is 2. The second-order valence-corrected chi connectivity index (χ2v) is 11.1. The second-order valence-electron chi connectivity index (χ2n) is 11.1. The molecule has 41 heavy (non-hydrogen) atoms. The van der Waals surface area contributed by atoms with Crippen LogP contribution in [0.2, 0.25) is 0 Å². The smallest absolute Gasteiger partial charge is 0.242 e. The summed E-state index contributed by atoms with van der Waals surface area (Å²) in [6, 6.07) is 9.82. The predicted molar refractivity (Wildman–Crippen MR) is 147 cm³/mol. The molecule has 3 aliphatic rings. The molecule has 2 heterocycles. The van der Waals surface area contributed by atoms with Gasteiger partial charge in [-0.2, -0.15) is 5.10 Å². The van der Waals surface area contributed by atoms with E-state index in [2.05, 4.69) is 5.10 Å². The molecule has 2 aromatic carbocycles. The number of fused-ring (bicyclic) bond motifs is 2. The molecule has 3 N–H and O–H groups in total. The first kappa shape index (κ1) is 27.4. The van der Waals surface area contributed by atoms with Gasteiger partial charge in [-0.3, -0.25) is 14.3 Å². The quantitative estimate of drug-likeness (QED) is 0.404. The number of rotatable bonds is 8. The van der Waals surface area contributed by atoms with Gasteiger partial charge in [0.15, 0.2) is 0 Å². The Morgan fingerprint density at radius 2 is 2.02 bits per heavy atom. The number of halogens is 1. The van der Waals surface area contributed by atoms with Crippen LogP contribution in [0.5, 0.6) is 5.75 Å². The lowest BCUT2D eigenvalue weighted by molar-refractivity contribution is -0.148. The zero-order valence-corrected chi connectivity index (χ0v) is 22.9. The minimum Gasteiger partial charge on any atom is -0.491 e. The van der Waals surface area contributed by atoms with Gasteiger partial charge in [0.2, 0.25) is 11.8 Å². The van der Waals surface area contributed by atoms with Gasteiger partial charge in [0.25, 0.3) is 0 Å². The van der Waals surface area contributed by atoms with Crippen LogP contribution in [0.25, 0.3) is 11.1 Å². The van der Waals surface area contributed by atoms with E-state index in [1.54, 1.807) is 21.8 Å². The monoisotopic (exact) mass is 563 g/mol. The summed E-state index contributed by atoms with van der Waals surface area (Å²) in [7, 11) is 1.84. The molecule has 3 aromatic rings. The van der Waals surface area contributed by atoms with E-state index < -0.39 is 17.8 Å². The maximum atomic E-state index is 14.1. The molecule has 1 saturated carbocycles. The van der Waals surface area contributed by atoms with Crippen molar-refractivity contribution in [2.75, 3.05) is 26.6 Å². The van der Waals surface area contributed by atoms with Gasteiger partial charge in [0.1, 0.15) is 31.4 Å². The van der Waals surface area contributed by atoms with Crippen molar-refractivity contribution in [2.45, 2.75) is 43.9 Å². The van der Waals surface area contributed by atoms with Crippen LogP contribution in [0.15, 0.2) is 48.8 Å². The number of hydrogen-bond acceptors (Lipinski definition) is 7. The Balaban J connectivity index is 1.24. The fourth-order valence-electron chi connectivity index (χ4n) is 5.99. The lowest BCUT2D eigenvalue weighted by atomic mass is 9.97. The molecule has 0 radical (unpaired) electrons. The number of aliphatic hydroxyl groups is 1. The van der Waals surface area contributed by atoms with Crippen molar-refractivity contribution >= 4 is 11.8 Å². The van der Waals surface area contributed by atoms with Crippen molar-refractivity contribution in [1.29, 1.82) is 0 Å². The highest BCUT2D eigenvalue weighted by Gasteiger charge is 2.42. The number of benzene rings is 2. The van der Waals surface area contributed by atoms with E-state index in [-0.39, 0.29) is 50.8 Å². The Morgan fingerprint density at radius 1 is 1.20 bits per heavy atom. The number of nitrogens with zero attached hydrogens (tertiary/aromatic N) is 4. The molecule has 216 valence electrons. The fourth-order valence-corrected chi connectivity index (χ4v) is 5.99. The number of carbonyl (C=O) groups excluding carboxylic acids is 2. The zero-order chi connectivity index (χ0) is 28.7. The van der Waals surface area contributed by atoms with Crippen molar-refractivity contribution in [3.8, 4) is 16.9 Å². The minimum atomic E-state index is -0.822. The SMILES string of the molecule is Cn1cc(-c2ccc3c(c2)C(O)C[C@@H]3C(=O)N(COCN)CC(=O)N2Cc3cc(F)ccc3OC[C@H]2C2CC2)cn1. The number of ether oxygens (including phenoxy) is 2. The van der Waals surface area contributed by atoms with Gasteiger partial charge in [-0.25, -0.2) is 4.39 Å². The molecule has 6 rings (SSSR count). The second kappa shape index (κ2) is 11.2. The molecule has 0 saturated heterocycles. The molecule has 2 aliphatic carbocycles. The first-order valence-corrected chi connectivity index (χ1v) is 13.9. The first-order valence-electron chi connectivity index (χ1n) is 13.9. The standard InChI is InChI=1S/C30H34FN5O5/c1-34-12-21(11-33-34)19-4-6-23-24(9-19)27(37)10-25(23)30(39)35(17-40-16-32)14-29(38)36-13-20-8-22(31)5-7-28(20)41-15-26(36)18-2-3-18/h4-9,11-12,18,25-27,37H,2-3,10,13-17,32H2,1H3/t25-,26-,27?/m0/s1. The Kier molecular flexibility index (Phi) is 7.50. The average molecular weight is 564 g/mol. The largest absolute Gasteiger partial charge is 0.491 e. The van der Waals surface area contributed by atoms with Gasteiger partial charge >= 0.3 is 0 Å². The Morgan fingerprint density at radius 3 is 2.76 bits per heavy atom. The topological polar surface area (TPSA) is 123 Å². The van der Waals surface area contributed by atoms with Crippen LogP contribution >= 0.6 is 0 Å².